The summed E-state index contributed by atoms with van der Waals surface area (Å²) in [6, 6.07) is 65.4. The predicted molar refractivity (Wildman–Crippen MR) is 249 cm³/mol. The SMILES string of the molecule is c1ccc(N(c2ccc(-c3cccc4ccccc34)cc2)c2ccc3c(c2)C2(c4ccccc4-3)C3CC4CC5CC2C453)c(-c2cccc3cccc(C4CCCCC4)c23)c1. The van der Waals surface area contributed by atoms with Crippen LogP contribution in [-0.2, 0) is 5.41 Å². The molecule has 6 aliphatic carbocycles. The fourth-order valence-electron chi connectivity index (χ4n) is 15.0. The van der Waals surface area contributed by atoms with Crippen LogP contribution in [0.5, 0.6) is 0 Å². The third kappa shape index (κ3) is 4.19. The third-order valence-corrected chi connectivity index (χ3v) is 17.3. The predicted octanol–water partition coefficient (Wildman–Crippen LogP) is 15.8. The first kappa shape index (κ1) is 33.9. The van der Waals surface area contributed by atoms with E-state index in [0.717, 1.165) is 23.7 Å². The molecule has 5 saturated carbocycles. The van der Waals surface area contributed by atoms with Gasteiger partial charge in [-0.3, -0.25) is 0 Å². The van der Waals surface area contributed by atoms with Gasteiger partial charge in [-0.05, 0) is 163 Å². The number of benzene rings is 8. The lowest BCUT2D eigenvalue weighted by Crippen LogP contribution is -2.88. The summed E-state index contributed by atoms with van der Waals surface area (Å²) < 4.78 is 0. The Hall–Kier alpha value is -5.92. The summed E-state index contributed by atoms with van der Waals surface area (Å²) in [7, 11) is 0. The van der Waals surface area contributed by atoms with Gasteiger partial charge in [0.15, 0.2) is 0 Å². The van der Waals surface area contributed by atoms with E-state index < -0.39 is 0 Å². The quantitative estimate of drug-likeness (QED) is 0.163. The molecule has 0 aliphatic heterocycles. The van der Waals surface area contributed by atoms with Crippen LogP contribution in [0.1, 0.15) is 74.0 Å². The van der Waals surface area contributed by atoms with E-state index in [4.69, 9.17) is 0 Å². The van der Waals surface area contributed by atoms with Crippen LogP contribution in [0.4, 0.5) is 17.1 Å². The van der Waals surface area contributed by atoms with Crippen molar-refractivity contribution in [1.29, 1.82) is 0 Å². The molecule has 6 aliphatic rings. The van der Waals surface area contributed by atoms with Gasteiger partial charge < -0.3 is 4.90 Å². The van der Waals surface area contributed by atoms with Crippen molar-refractivity contribution >= 4 is 38.6 Å². The molecule has 60 heavy (non-hydrogen) atoms. The maximum absolute atomic E-state index is 2.66. The van der Waals surface area contributed by atoms with Gasteiger partial charge in [0, 0.05) is 22.4 Å². The van der Waals surface area contributed by atoms with Crippen LogP contribution in [0.15, 0.2) is 170 Å². The van der Waals surface area contributed by atoms with Crippen LogP contribution in [0, 0.1) is 29.1 Å². The summed E-state index contributed by atoms with van der Waals surface area (Å²) in [4.78, 5) is 2.60. The van der Waals surface area contributed by atoms with Crippen molar-refractivity contribution in [3.05, 3.63) is 187 Å². The molecule has 1 nitrogen and oxygen atoms in total. The molecule has 0 bridgehead atoms. The maximum atomic E-state index is 2.66. The smallest absolute Gasteiger partial charge is 0.0540 e. The van der Waals surface area contributed by atoms with Crippen LogP contribution in [0.3, 0.4) is 0 Å². The van der Waals surface area contributed by atoms with E-state index in [1.807, 2.05) is 0 Å². The first-order chi connectivity index (χ1) is 29.7. The highest BCUT2D eigenvalue weighted by Gasteiger charge is 2.90. The minimum atomic E-state index is 0.156. The molecule has 5 fully saturated rings. The summed E-state index contributed by atoms with van der Waals surface area (Å²) in [5.74, 6) is 4.17. The molecule has 0 N–H and O–H groups in total. The molecule has 8 aromatic carbocycles. The Bertz CT molecular complexity index is 3020. The van der Waals surface area contributed by atoms with Crippen molar-refractivity contribution in [2.24, 2.45) is 29.1 Å². The van der Waals surface area contributed by atoms with Crippen LogP contribution in [0.25, 0.3) is 54.9 Å². The number of para-hydroxylation sites is 1. The highest BCUT2D eigenvalue weighted by Crippen LogP contribution is 2.94. The van der Waals surface area contributed by atoms with Gasteiger partial charge in [0.25, 0.3) is 0 Å². The van der Waals surface area contributed by atoms with Crippen LogP contribution >= 0.6 is 0 Å². The third-order valence-electron chi connectivity index (χ3n) is 17.3. The van der Waals surface area contributed by atoms with E-state index in [1.165, 1.54) is 129 Å². The molecular formula is C59H49N. The highest BCUT2D eigenvalue weighted by molar-refractivity contribution is 6.04. The molecule has 0 saturated heterocycles. The Morgan fingerprint density at radius 1 is 0.450 bits per heavy atom. The lowest BCUT2D eigenvalue weighted by atomic mass is 9.11. The Morgan fingerprint density at radius 3 is 1.90 bits per heavy atom. The van der Waals surface area contributed by atoms with Gasteiger partial charge in [0.05, 0.1) is 5.69 Å². The molecule has 1 heteroatoms. The van der Waals surface area contributed by atoms with E-state index in [-0.39, 0.29) is 5.41 Å². The molecule has 4 atom stereocenters. The molecule has 0 radical (unpaired) electrons. The van der Waals surface area contributed by atoms with E-state index in [9.17, 15) is 0 Å². The highest BCUT2D eigenvalue weighted by atomic mass is 15.1. The number of nitrogens with zero attached hydrogens (tertiary/aromatic N) is 1. The van der Waals surface area contributed by atoms with Gasteiger partial charge in [-0.25, -0.2) is 0 Å². The minimum absolute atomic E-state index is 0.156. The second kappa shape index (κ2) is 12.3. The number of hydrogen-bond acceptors (Lipinski definition) is 1. The first-order valence-corrected chi connectivity index (χ1v) is 23.0. The van der Waals surface area contributed by atoms with Gasteiger partial charge in [-0.15, -0.1) is 0 Å². The Balaban J connectivity index is 0.972. The molecule has 8 aromatic rings. The lowest BCUT2D eigenvalue weighted by molar-refractivity contribution is -0.412. The molecule has 2 spiro atoms. The van der Waals surface area contributed by atoms with Crippen molar-refractivity contribution in [3.8, 4) is 33.4 Å². The lowest BCUT2D eigenvalue weighted by Gasteiger charge is -2.92. The van der Waals surface area contributed by atoms with Crippen molar-refractivity contribution in [2.75, 3.05) is 4.90 Å². The van der Waals surface area contributed by atoms with E-state index >= 15 is 0 Å². The van der Waals surface area contributed by atoms with Gasteiger partial charge in [-0.1, -0.05) is 159 Å². The second-order valence-corrected chi connectivity index (χ2v) is 19.4. The summed E-state index contributed by atoms with van der Waals surface area (Å²) in [6.45, 7) is 0. The summed E-state index contributed by atoms with van der Waals surface area (Å²) >= 11 is 0. The molecule has 4 unspecified atom stereocenters. The van der Waals surface area contributed by atoms with Crippen LogP contribution in [-0.4, -0.2) is 0 Å². The van der Waals surface area contributed by atoms with Crippen molar-refractivity contribution in [1.82, 2.24) is 0 Å². The number of fused-ring (bicyclic) bond motifs is 9. The van der Waals surface area contributed by atoms with Gasteiger partial charge in [0.2, 0.25) is 0 Å². The molecule has 14 rings (SSSR count). The second-order valence-electron chi connectivity index (χ2n) is 19.4. The summed E-state index contributed by atoms with van der Waals surface area (Å²) in [5, 5.41) is 5.36. The Labute approximate surface area is 353 Å². The topological polar surface area (TPSA) is 3.24 Å². The number of rotatable bonds is 6. The van der Waals surface area contributed by atoms with E-state index in [1.54, 1.807) is 11.1 Å². The molecule has 0 aromatic heterocycles. The standard InChI is InChI=1S/C59H49N/c1-2-13-38(14-3-1)47-23-11-17-40-18-12-24-51(57(40)47)50-21-7-9-26-54(50)60(43-29-27-39(28-30-43)46-22-10-16-37-15-4-5-19-45(37)46)44-31-32-49-48-20-6-8-25-52(48)59(53(49)36-44)55-34-41-33-42-35-56(59)58(41,42)55/h4-12,15-32,36,38,41-42,55-56H,1-3,13-14,33-35H2. The van der Waals surface area contributed by atoms with Crippen molar-refractivity contribution in [3.63, 3.8) is 0 Å². The van der Waals surface area contributed by atoms with Crippen LogP contribution in [0.2, 0.25) is 0 Å². The average molecular weight is 772 g/mol. The summed E-state index contributed by atoms with van der Waals surface area (Å²) in [6.07, 6.45) is 10.9. The monoisotopic (exact) mass is 771 g/mol. The number of hydrogen-bond donors (Lipinski definition) is 0. The molecular weight excluding hydrogens is 723 g/mol. The van der Waals surface area contributed by atoms with Gasteiger partial charge in [-0.2, -0.15) is 0 Å². The Kier molecular flexibility index (Phi) is 6.96. The zero-order chi connectivity index (χ0) is 39.2. The van der Waals surface area contributed by atoms with E-state index in [2.05, 4.69) is 175 Å². The van der Waals surface area contributed by atoms with Crippen molar-refractivity contribution in [2.45, 2.75) is 62.7 Å². The zero-order valence-electron chi connectivity index (χ0n) is 34.2. The number of anilines is 3. The molecule has 0 heterocycles. The summed E-state index contributed by atoms with van der Waals surface area (Å²) in [5.41, 5.74) is 17.4. The zero-order valence-corrected chi connectivity index (χ0v) is 34.2. The fourth-order valence-corrected chi connectivity index (χ4v) is 15.0. The fraction of sp³-hybridized carbons (Fsp3) is 0.254. The van der Waals surface area contributed by atoms with Crippen molar-refractivity contribution < 1.29 is 0 Å². The largest absolute Gasteiger partial charge is 0.310 e. The van der Waals surface area contributed by atoms with E-state index in [0.29, 0.717) is 11.3 Å². The molecule has 290 valence electrons. The van der Waals surface area contributed by atoms with Gasteiger partial charge >= 0.3 is 0 Å². The van der Waals surface area contributed by atoms with Crippen LogP contribution < -0.4 is 4.90 Å². The van der Waals surface area contributed by atoms with Gasteiger partial charge in [0.1, 0.15) is 0 Å². The first-order valence-electron chi connectivity index (χ1n) is 23.0. The maximum Gasteiger partial charge on any atom is 0.0540 e. The average Bonchev–Trinajstić information content (AvgIpc) is 3.58. The molecule has 0 amide bonds. The minimum Gasteiger partial charge on any atom is -0.310 e. The Morgan fingerprint density at radius 2 is 1.08 bits per heavy atom. The normalized spacial score (nSPS) is 26.5.